The maximum absolute atomic E-state index is 12.6. The van der Waals surface area contributed by atoms with Crippen molar-refractivity contribution in [2.45, 2.75) is 13.3 Å². The van der Waals surface area contributed by atoms with Crippen molar-refractivity contribution < 1.29 is 4.79 Å². The summed E-state index contributed by atoms with van der Waals surface area (Å²) in [6.07, 6.45) is 3.68. The van der Waals surface area contributed by atoms with Crippen molar-refractivity contribution in [1.29, 1.82) is 0 Å². The molecule has 26 heavy (non-hydrogen) atoms. The van der Waals surface area contributed by atoms with Crippen LogP contribution in [0, 0.1) is 0 Å². The van der Waals surface area contributed by atoms with Gasteiger partial charge in [0.1, 0.15) is 0 Å². The van der Waals surface area contributed by atoms with E-state index in [1.807, 2.05) is 37.3 Å². The van der Waals surface area contributed by atoms with Crippen molar-refractivity contribution in [2.24, 2.45) is 5.73 Å². The van der Waals surface area contributed by atoms with E-state index in [-0.39, 0.29) is 0 Å². The Morgan fingerprint density at radius 1 is 1.23 bits per heavy atom. The average molecular weight is 348 g/mol. The summed E-state index contributed by atoms with van der Waals surface area (Å²) in [5.74, 6) is 0. The van der Waals surface area contributed by atoms with Gasteiger partial charge in [0.15, 0.2) is 5.65 Å². The molecule has 130 valence electrons. The molecule has 0 atom stereocenters. The van der Waals surface area contributed by atoms with E-state index in [0.29, 0.717) is 16.6 Å². The number of rotatable bonds is 3. The molecule has 0 saturated carbocycles. The number of nitrogens with zero attached hydrogens (tertiary/aromatic N) is 4. The molecule has 0 radical (unpaired) electrons. The molecule has 3 heterocycles. The standard InChI is InChI=1S/C18H16N6O2/c1-2-13-15(11-6-4-3-5-7-11)16-20-10-12-14(24(16)21-13)8-9-23(17(12)25)22-18(19)26/h3-10H,2H2,1H3,(H3,19,22,26). The summed E-state index contributed by atoms with van der Waals surface area (Å²) in [4.78, 5) is 28.1. The third-order valence-corrected chi connectivity index (χ3v) is 4.21. The second-order valence-corrected chi connectivity index (χ2v) is 5.80. The molecule has 8 nitrogen and oxygen atoms in total. The first kappa shape index (κ1) is 15.8. The number of aryl methyl sites for hydroxylation is 1. The van der Waals surface area contributed by atoms with Crippen LogP contribution in [0.25, 0.3) is 27.7 Å². The summed E-state index contributed by atoms with van der Waals surface area (Å²) in [6.45, 7) is 2.03. The number of hydrogen-bond acceptors (Lipinski definition) is 4. The fourth-order valence-corrected chi connectivity index (χ4v) is 3.07. The van der Waals surface area contributed by atoms with E-state index in [9.17, 15) is 9.59 Å². The van der Waals surface area contributed by atoms with Crippen LogP contribution >= 0.6 is 0 Å². The molecule has 0 fully saturated rings. The highest BCUT2D eigenvalue weighted by Crippen LogP contribution is 2.29. The lowest BCUT2D eigenvalue weighted by molar-refractivity contribution is 0.257. The lowest BCUT2D eigenvalue weighted by Crippen LogP contribution is -2.35. The van der Waals surface area contributed by atoms with Crippen molar-refractivity contribution in [3.63, 3.8) is 0 Å². The topological polar surface area (TPSA) is 107 Å². The zero-order valence-electron chi connectivity index (χ0n) is 14.0. The van der Waals surface area contributed by atoms with Gasteiger partial charge in [-0.15, -0.1) is 0 Å². The molecule has 3 N–H and O–H groups in total. The second-order valence-electron chi connectivity index (χ2n) is 5.80. The monoisotopic (exact) mass is 348 g/mol. The van der Waals surface area contributed by atoms with E-state index in [1.165, 1.54) is 12.4 Å². The van der Waals surface area contributed by atoms with E-state index in [2.05, 4.69) is 15.5 Å². The SMILES string of the molecule is CCc1nn2c(ncc3c(=O)n(NC(N)=O)ccc32)c1-c1ccccc1. The minimum Gasteiger partial charge on any atom is -0.350 e. The number of nitrogens with one attached hydrogen (secondary N) is 1. The molecule has 0 aliphatic carbocycles. The molecule has 4 rings (SSSR count). The van der Waals surface area contributed by atoms with E-state index in [4.69, 9.17) is 5.73 Å². The van der Waals surface area contributed by atoms with Gasteiger partial charge in [-0.05, 0) is 18.1 Å². The maximum atomic E-state index is 12.6. The molecule has 0 aliphatic heterocycles. The Hall–Kier alpha value is -3.68. The predicted molar refractivity (Wildman–Crippen MR) is 98.5 cm³/mol. The summed E-state index contributed by atoms with van der Waals surface area (Å²) in [6, 6.07) is 10.8. The van der Waals surface area contributed by atoms with Crippen LogP contribution in [0.15, 0.2) is 53.6 Å². The normalized spacial score (nSPS) is 11.1. The van der Waals surface area contributed by atoms with Crippen LogP contribution in [0.2, 0.25) is 0 Å². The highest BCUT2D eigenvalue weighted by atomic mass is 16.2. The number of pyridine rings is 1. The maximum Gasteiger partial charge on any atom is 0.331 e. The zero-order valence-corrected chi connectivity index (χ0v) is 14.0. The Balaban J connectivity index is 2.03. The predicted octanol–water partition coefficient (Wildman–Crippen LogP) is 1.90. The lowest BCUT2D eigenvalue weighted by atomic mass is 10.0. The van der Waals surface area contributed by atoms with Gasteiger partial charge >= 0.3 is 6.03 Å². The molecular weight excluding hydrogens is 332 g/mol. The molecular formula is C18H16N6O2. The molecule has 2 amide bonds. The lowest BCUT2D eigenvalue weighted by Gasteiger charge is -2.07. The smallest absolute Gasteiger partial charge is 0.331 e. The van der Waals surface area contributed by atoms with Crippen molar-refractivity contribution in [1.82, 2.24) is 19.3 Å². The summed E-state index contributed by atoms with van der Waals surface area (Å²) >= 11 is 0. The Labute approximate surface area is 147 Å². The Kier molecular flexibility index (Phi) is 3.65. The molecule has 0 unspecified atom stereocenters. The van der Waals surface area contributed by atoms with Gasteiger partial charge in [-0.25, -0.2) is 24.4 Å². The van der Waals surface area contributed by atoms with Crippen LogP contribution in [-0.2, 0) is 6.42 Å². The molecule has 0 spiro atoms. The third kappa shape index (κ3) is 2.39. The summed E-state index contributed by atoms with van der Waals surface area (Å²) < 4.78 is 2.70. The van der Waals surface area contributed by atoms with Gasteiger partial charge in [0.25, 0.3) is 5.56 Å². The van der Waals surface area contributed by atoms with E-state index in [1.54, 1.807) is 10.6 Å². The number of fused-ring (bicyclic) bond motifs is 3. The van der Waals surface area contributed by atoms with Gasteiger partial charge in [-0.2, -0.15) is 5.10 Å². The molecule has 8 heteroatoms. The van der Waals surface area contributed by atoms with Crippen molar-refractivity contribution in [3.05, 3.63) is 64.8 Å². The summed E-state index contributed by atoms with van der Waals surface area (Å²) in [5, 5.41) is 4.99. The number of urea groups is 1. The summed E-state index contributed by atoms with van der Waals surface area (Å²) in [5.41, 5.74) is 11.1. The van der Waals surface area contributed by atoms with Gasteiger partial charge < -0.3 is 5.73 Å². The minimum atomic E-state index is -0.820. The Morgan fingerprint density at radius 3 is 2.69 bits per heavy atom. The van der Waals surface area contributed by atoms with Crippen LogP contribution in [0.5, 0.6) is 0 Å². The first-order valence-corrected chi connectivity index (χ1v) is 8.14. The number of carbonyl (C=O) groups excluding carboxylic acids is 1. The van der Waals surface area contributed by atoms with Crippen molar-refractivity contribution in [2.75, 3.05) is 5.43 Å². The van der Waals surface area contributed by atoms with Crippen LogP contribution < -0.4 is 16.7 Å². The number of nitrogens with two attached hydrogens (primary N) is 1. The number of primary amides is 1. The number of carbonyl (C=O) groups is 1. The van der Waals surface area contributed by atoms with E-state index < -0.39 is 11.6 Å². The van der Waals surface area contributed by atoms with Crippen molar-refractivity contribution in [3.8, 4) is 11.1 Å². The van der Waals surface area contributed by atoms with Gasteiger partial charge in [0.2, 0.25) is 0 Å². The third-order valence-electron chi connectivity index (χ3n) is 4.21. The van der Waals surface area contributed by atoms with Crippen LogP contribution in [0.4, 0.5) is 4.79 Å². The Morgan fingerprint density at radius 2 is 2.00 bits per heavy atom. The van der Waals surface area contributed by atoms with Gasteiger partial charge in [-0.3, -0.25) is 4.79 Å². The van der Waals surface area contributed by atoms with Crippen molar-refractivity contribution >= 4 is 22.6 Å². The zero-order chi connectivity index (χ0) is 18.3. The van der Waals surface area contributed by atoms with Gasteiger partial charge in [0.05, 0.1) is 16.6 Å². The van der Waals surface area contributed by atoms with E-state index >= 15 is 0 Å². The highest BCUT2D eigenvalue weighted by Gasteiger charge is 2.17. The molecule has 3 aromatic heterocycles. The molecule has 0 saturated heterocycles. The minimum absolute atomic E-state index is 0.332. The molecule has 0 bridgehead atoms. The molecule has 0 aliphatic rings. The van der Waals surface area contributed by atoms with Gasteiger partial charge in [0, 0.05) is 18.0 Å². The number of benzene rings is 1. The number of hydrogen-bond donors (Lipinski definition) is 2. The van der Waals surface area contributed by atoms with Crippen LogP contribution in [-0.4, -0.2) is 25.3 Å². The van der Waals surface area contributed by atoms with E-state index in [0.717, 1.165) is 27.9 Å². The largest absolute Gasteiger partial charge is 0.350 e. The van der Waals surface area contributed by atoms with Crippen LogP contribution in [0.3, 0.4) is 0 Å². The first-order chi connectivity index (χ1) is 12.6. The second kappa shape index (κ2) is 5.99. The quantitative estimate of drug-likeness (QED) is 0.589. The molecule has 1 aromatic carbocycles. The van der Waals surface area contributed by atoms with Gasteiger partial charge in [-0.1, -0.05) is 37.3 Å². The fourth-order valence-electron chi connectivity index (χ4n) is 3.07. The average Bonchev–Trinajstić information content (AvgIpc) is 3.03. The Bertz CT molecular complexity index is 1190. The fraction of sp³-hybridized carbons (Fsp3) is 0.111. The number of aromatic nitrogens is 4. The van der Waals surface area contributed by atoms with Crippen LogP contribution in [0.1, 0.15) is 12.6 Å². The molecule has 4 aromatic rings. The highest BCUT2D eigenvalue weighted by molar-refractivity contribution is 5.87. The summed E-state index contributed by atoms with van der Waals surface area (Å²) in [7, 11) is 0. The number of amides is 2. The first-order valence-electron chi connectivity index (χ1n) is 8.14.